The van der Waals surface area contributed by atoms with Crippen LogP contribution in [0.15, 0.2) is 48.5 Å². The van der Waals surface area contributed by atoms with E-state index in [2.05, 4.69) is 32.3 Å². The third-order valence-corrected chi connectivity index (χ3v) is 6.19. The maximum absolute atomic E-state index is 12.4. The lowest BCUT2D eigenvalue weighted by molar-refractivity contribution is -0.126. The Kier molecular flexibility index (Phi) is 11.0. The molecule has 1 fully saturated rings. The van der Waals surface area contributed by atoms with Gasteiger partial charge >= 0.3 is 0 Å². The molecule has 10 nitrogen and oxygen atoms in total. The fourth-order valence-electron chi connectivity index (χ4n) is 4.00. The Morgan fingerprint density at radius 2 is 1.45 bits per heavy atom. The van der Waals surface area contributed by atoms with E-state index >= 15 is 0 Å². The normalized spacial score (nSPS) is 15.6. The molecule has 10 heteroatoms. The van der Waals surface area contributed by atoms with E-state index in [1.807, 2.05) is 12.1 Å². The van der Waals surface area contributed by atoms with Gasteiger partial charge in [-0.2, -0.15) is 0 Å². The number of ketones is 1. The van der Waals surface area contributed by atoms with Crippen LogP contribution in [-0.2, 0) is 9.59 Å². The van der Waals surface area contributed by atoms with Crippen LogP contribution in [0, 0.1) is 11.8 Å². The van der Waals surface area contributed by atoms with Crippen molar-refractivity contribution in [3.8, 4) is 11.8 Å². The molecule has 0 aliphatic carbocycles. The van der Waals surface area contributed by atoms with E-state index in [-0.39, 0.29) is 12.5 Å². The minimum Gasteiger partial charge on any atom is -0.395 e. The molecule has 202 valence electrons. The number of aliphatic hydroxyl groups is 3. The average Bonchev–Trinajstić information content (AvgIpc) is 2.92. The number of nitrogens with one attached hydrogen (secondary N) is 2. The minimum atomic E-state index is -1.19. The number of benzene rings is 2. The van der Waals surface area contributed by atoms with Crippen molar-refractivity contribution in [2.24, 2.45) is 0 Å². The Hall–Kier alpha value is -3.59. The molecule has 0 radical (unpaired) electrons. The Labute approximate surface area is 222 Å². The molecular weight excluding hydrogens is 488 g/mol. The number of carbonyl (C=O) groups excluding carboxylic acids is 3. The van der Waals surface area contributed by atoms with Crippen LogP contribution in [0.4, 0.5) is 5.69 Å². The van der Waals surface area contributed by atoms with Gasteiger partial charge in [-0.1, -0.05) is 11.8 Å². The second-order valence-electron chi connectivity index (χ2n) is 9.11. The zero-order valence-corrected chi connectivity index (χ0v) is 21.4. The largest absolute Gasteiger partial charge is 0.395 e. The lowest BCUT2D eigenvalue weighted by atomic mass is 10.1. The summed E-state index contributed by atoms with van der Waals surface area (Å²) in [7, 11) is 0. The van der Waals surface area contributed by atoms with Crippen molar-refractivity contribution < 1.29 is 29.7 Å². The zero-order valence-electron chi connectivity index (χ0n) is 21.4. The van der Waals surface area contributed by atoms with E-state index in [1.54, 1.807) is 36.4 Å². The number of anilines is 1. The zero-order chi connectivity index (χ0) is 27.5. The first-order valence-corrected chi connectivity index (χ1v) is 12.5. The van der Waals surface area contributed by atoms with Crippen LogP contribution >= 0.6 is 0 Å². The van der Waals surface area contributed by atoms with Gasteiger partial charge in [0, 0.05) is 55.1 Å². The van der Waals surface area contributed by atoms with Crippen LogP contribution < -0.4 is 10.6 Å². The van der Waals surface area contributed by atoms with Crippen LogP contribution in [0.5, 0.6) is 0 Å². The van der Waals surface area contributed by atoms with Gasteiger partial charge in [-0.25, -0.2) is 0 Å². The topological polar surface area (TPSA) is 142 Å². The SMILES string of the molecule is C[C@@H](O)[C@H](NC(=O)c1ccc(C#Cc2ccc(NC(=O)CN3CCN(CCO)CC3)cc2)cc1)C(=O)CO. The third kappa shape index (κ3) is 8.76. The van der Waals surface area contributed by atoms with Crippen molar-refractivity contribution >= 4 is 23.3 Å². The van der Waals surface area contributed by atoms with Gasteiger partial charge in [-0.3, -0.25) is 24.2 Å². The summed E-state index contributed by atoms with van der Waals surface area (Å²) in [6, 6.07) is 12.5. The number of rotatable bonds is 10. The lowest BCUT2D eigenvalue weighted by Crippen LogP contribution is -2.49. The number of carbonyl (C=O) groups is 3. The smallest absolute Gasteiger partial charge is 0.251 e. The second kappa shape index (κ2) is 14.4. The second-order valence-corrected chi connectivity index (χ2v) is 9.11. The first-order chi connectivity index (χ1) is 18.3. The Morgan fingerprint density at radius 3 is 1.97 bits per heavy atom. The maximum atomic E-state index is 12.4. The van der Waals surface area contributed by atoms with E-state index in [1.165, 1.54) is 6.92 Å². The van der Waals surface area contributed by atoms with Crippen molar-refractivity contribution in [1.29, 1.82) is 0 Å². The van der Waals surface area contributed by atoms with E-state index in [0.717, 1.165) is 31.7 Å². The highest BCUT2D eigenvalue weighted by atomic mass is 16.3. The summed E-state index contributed by atoms with van der Waals surface area (Å²) in [4.78, 5) is 40.8. The molecule has 2 atom stereocenters. The molecule has 1 heterocycles. The highest BCUT2D eigenvalue weighted by Gasteiger charge is 2.25. The number of hydrogen-bond donors (Lipinski definition) is 5. The minimum absolute atomic E-state index is 0.0796. The van der Waals surface area contributed by atoms with E-state index < -0.39 is 30.4 Å². The van der Waals surface area contributed by atoms with Gasteiger partial charge < -0.3 is 26.0 Å². The molecule has 0 unspecified atom stereocenters. The monoisotopic (exact) mass is 522 g/mol. The predicted molar refractivity (Wildman–Crippen MR) is 142 cm³/mol. The molecule has 0 bridgehead atoms. The van der Waals surface area contributed by atoms with E-state index in [4.69, 9.17) is 10.2 Å². The summed E-state index contributed by atoms with van der Waals surface area (Å²) in [5, 5.41) is 33.1. The number of Topliss-reactive ketones (excluding diaryl/α,β-unsaturated/α-hetero) is 1. The van der Waals surface area contributed by atoms with Gasteiger partial charge in [0.15, 0.2) is 5.78 Å². The summed E-state index contributed by atoms with van der Waals surface area (Å²) in [5.41, 5.74) is 2.41. The number of piperazine rings is 1. The maximum Gasteiger partial charge on any atom is 0.251 e. The third-order valence-electron chi connectivity index (χ3n) is 6.19. The Bertz CT molecular complexity index is 1150. The molecule has 1 saturated heterocycles. The predicted octanol–water partition coefficient (Wildman–Crippen LogP) is -0.325. The molecule has 3 rings (SSSR count). The highest BCUT2D eigenvalue weighted by molar-refractivity contribution is 5.98. The van der Waals surface area contributed by atoms with E-state index in [0.29, 0.717) is 29.9 Å². The fraction of sp³-hybridized carbons (Fsp3) is 0.393. The van der Waals surface area contributed by atoms with Crippen molar-refractivity contribution in [3.05, 3.63) is 65.2 Å². The Balaban J connectivity index is 1.50. The van der Waals surface area contributed by atoms with Gasteiger partial charge in [0.2, 0.25) is 5.91 Å². The molecule has 2 aromatic rings. The highest BCUT2D eigenvalue weighted by Crippen LogP contribution is 2.11. The number of β-amino-alcohol motifs (C(OH)–C–C–N with tert-alkyl or cyclic N) is 1. The standard InChI is InChI=1S/C28H34N4O6/c1-20(35)27(25(36)19-34)30-28(38)23-8-4-21(5-9-23)2-3-22-6-10-24(11-7-22)29-26(37)18-32-14-12-31(13-15-32)16-17-33/h4-11,20,27,33-35H,12-19H2,1H3,(H,29,37)(H,30,38)/t20-,27+/m1/s1. The van der Waals surface area contributed by atoms with E-state index in [9.17, 15) is 19.5 Å². The van der Waals surface area contributed by atoms with Gasteiger partial charge in [0.1, 0.15) is 12.6 Å². The van der Waals surface area contributed by atoms with Crippen LogP contribution in [-0.4, -0.2) is 107 Å². The summed E-state index contributed by atoms with van der Waals surface area (Å²) < 4.78 is 0. The first kappa shape index (κ1) is 29.0. The van der Waals surface area contributed by atoms with Crippen LogP contribution in [0.3, 0.4) is 0 Å². The molecule has 0 saturated carbocycles. The molecular formula is C28H34N4O6. The quantitative estimate of drug-likeness (QED) is 0.267. The van der Waals surface area contributed by atoms with Gasteiger partial charge in [0.05, 0.1) is 19.3 Å². The lowest BCUT2D eigenvalue weighted by Gasteiger charge is -2.33. The molecule has 0 spiro atoms. The molecule has 1 aliphatic heterocycles. The fourth-order valence-corrected chi connectivity index (χ4v) is 4.00. The number of hydrogen-bond acceptors (Lipinski definition) is 8. The van der Waals surface area contributed by atoms with Crippen LogP contribution in [0.25, 0.3) is 0 Å². The van der Waals surface area contributed by atoms with Crippen LogP contribution in [0.2, 0.25) is 0 Å². The summed E-state index contributed by atoms with van der Waals surface area (Å²) in [5.74, 6) is 4.76. The van der Waals surface area contributed by atoms with Crippen molar-refractivity contribution in [2.75, 3.05) is 57.8 Å². The van der Waals surface area contributed by atoms with Crippen molar-refractivity contribution in [3.63, 3.8) is 0 Å². The van der Waals surface area contributed by atoms with Crippen molar-refractivity contribution in [1.82, 2.24) is 15.1 Å². The van der Waals surface area contributed by atoms with Gasteiger partial charge in [0.25, 0.3) is 5.91 Å². The molecule has 5 N–H and O–H groups in total. The van der Waals surface area contributed by atoms with Gasteiger partial charge in [-0.05, 0) is 55.5 Å². The van der Waals surface area contributed by atoms with Gasteiger partial charge in [-0.15, -0.1) is 0 Å². The number of aliphatic hydroxyl groups excluding tert-OH is 3. The summed E-state index contributed by atoms with van der Waals surface area (Å²) in [6.45, 7) is 4.98. The van der Waals surface area contributed by atoms with Crippen molar-refractivity contribution in [2.45, 2.75) is 19.1 Å². The molecule has 0 aromatic heterocycles. The van der Waals surface area contributed by atoms with Crippen LogP contribution in [0.1, 0.15) is 28.4 Å². The molecule has 1 aliphatic rings. The summed E-state index contributed by atoms with van der Waals surface area (Å²) in [6.07, 6.45) is -1.14. The number of amides is 2. The average molecular weight is 523 g/mol. The number of nitrogens with zero attached hydrogens (tertiary/aromatic N) is 2. The Morgan fingerprint density at radius 1 is 0.895 bits per heavy atom. The molecule has 38 heavy (non-hydrogen) atoms. The molecule has 2 aromatic carbocycles. The summed E-state index contributed by atoms with van der Waals surface area (Å²) >= 11 is 0. The first-order valence-electron chi connectivity index (χ1n) is 12.5. The molecule has 2 amide bonds.